The van der Waals surface area contributed by atoms with E-state index in [1.165, 1.54) is 7.05 Å². The highest BCUT2D eigenvalue weighted by Gasteiger charge is 2.30. The number of ether oxygens (including phenoxy) is 1. The second kappa shape index (κ2) is 10.9. The van der Waals surface area contributed by atoms with Gasteiger partial charge in [0.05, 0.1) is 0 Å². The molecule has 3 amide bonds. The molecule has 8 nitrogen and oxygen atoms in total. The summed E-state index contributed by atoms with van der Waals surface area (Å²) in [6.45, 7) is 9.45. The maximum atomic E-state index is 12.6. The van der Waals surface area contributed by atoms with Crippen LogP contribution < -0.4 is 21.7 Å². The van der Waals surface area contributed by atoms with Gasteiger partial charge < -0.3 is 26.4 Å². The Morgan fingerprint density at radius 3 is 2.16 bits per heavy atom. The molecule has 146 valence electrons. The molecule has 0 aromatic heterocycles. The first-order chi connectivity index (χ1) is 11.6. The maximum Gasteiger partial charge on any atom is 0.408 e. The van der Waals surface area contributed by atoms with Gasteiger partial charge in [0.2, 0.25) is 11.8 Å². The fraction of sp³-hybridized carbons (Fsp3) is 0.824. The number of nitrogens with two attached hydrogens (primary N) is 1. The van der Waals surface area contributed by atoms with Crippen molar-refractivity contribution < 1.29 is 19.1 Å². The minimum atomic E-state index is -0.811. The Kier molecular flexibility index (Phi) is 10.1. The van der Waals surface area contributed by atoms with Crippen molar-refractivity contribution in [3.8, 4) is 0 Å². The Hall–Kier alpha value is -1.83. The monoisotopic (exact) mass is 358 g/mol. The van der Waals surface area contributed by atoms with Crippen LogP contribution in [0.25, 0.3) is 0 Å². The van der Waals surface area contributed by atoms with Crippen LogP contribution in [0.3, 0.4) is 0 Å². The van der Waals surface area contributed by atoms with Crippen molar-refractivity contribution in [3.05, 3.63) is 0 Å². The highest BCUT2D eigenvalue weighted by molar-refractivity contribution is 5.91. The van der Waals surface area contributed by atoms with Crippen LogP contribution in [0.1, 0.15) is 53.9 Å². The number of hydrogen-bond acceptors (Lipinski definition) is 5. The van der Waals surface area contributed by atoms with E-state index in [0.717, 1.165) is 6.42 Å². The fourth-order valence-corrected chi connectivity index (χ4v) is 2.15. The largest absolute Gasteiger partial charge is 0.444 e. The van der Waals surface area contributed by atoms with Crippen LogP contribution >= 0.6 is 0 Å². The van der Waals surface area contributed by atoms with Gasteiger partial charge in [0.15, 0.2) is 0 Å². The summed E-state index contributed by atoms with van der Waals surface area (Å²) in [5.74, 6) is -0.730. The lowest BCUT2D eigenvalue weighted by atomic mass is 9.97. The lowest BCUT2D eigenvalue weighted by Crippen LogP contribution is -2.55. The van der Waals surface area contributed by atoms with Crippen molar-refractivity contribution in [1.82, 2.24) is 16.0 Å². The molecule has 0 aromatic rings. The number of likely N-dealkylation sites (N-methyl/N-ethyl adjacent to an activating group) is 1. The summed E-state index contributed by atoms with van der Waals surface area (Å²) >= 11 is 0. The van der Waals surface area contributed by atoms with Gasteiger partial charge in [0.1, 0.15) is 17.7 Å². The summed E-state index contributed by atoms with van der Waals surface area (Å²) in [5.41, 5.74) is 4.84. The van der Waals surface area contributed by atoms with Gasteiger partial charge in [0, 0.05) is 7.05 Å². The average molecular weight is 358 g/mol. The van der Waals surface area contributed by atoms with Crippen molar-refractivity contribution in [2.24, 2.45) is 11.7 Å². The van der Waals surface area contributed by atoms with Gasteiger partial charge in [-0.25, -0.2) is 4.79 Å². The highest BCUT2D eigenvalue weighted by Crippen LogP contribution is 2.10. The second-order valence-corrected chi connectivity index (χ2v) is 7.12. The van der Waals surface area contributed by atoms with Gasteiger partial charge in [-0.2, -0.15) is 0 Å². The van der Waals surface area contributed by atoms with E-state index >= 15 is 0 Å². The molecule has 0 bridgehead atoms. The number of amides is 3. The van der Waals surface area contributed by atoms with E-state index in [0.29, 0.717) is 19.4 Å². The molecular formula is C17H34N4O4. The Morgan fingerprint density at radius 2 is 1.72 bits per heavy atom. The van der Waals surface area contributed by atoms with Crippen LogP contribution in [-0.4, -0.2) is 49.2 Å². The van der Waals surface area contributed by atoms with Crippen LogP contribution in [0.5, 0.6) is 0 Å². The molecular weight excluding hydrogens is 324 g/mol. The Balaban J connectivity index is 5.07. The molecule has 0 aliphatic rings. The standard InChI is InChI=1S/C17H34N4O4/c1-7-11(2)13(15(23)19-6)21-14(22)12(9-8-10-18)20-16(24)25-17(3,4)5/h11-13H,7-10,18H2,1-6H3,(H,19,23)(H,20,24)(H,21,22)/t11-,12-,13-/m0/s1. The number of hydrogen-bond donors (Lipinski definition) is 4. The van der Waals surface area contributed by atoms with Crippen LogP contribution in [0.4, 0.5) is 4.79 Å². The molecule has 5 N–H and O–H groups in total. The predicted molar refractivity (Wildman–Crippen MR) is 96.9 cm³/mol. The number of rotatable bonds is 9. The lowest BCUT2D eigenvalue weighted by molar-refractivity contribution is -0.131. The maximum absolute atomic E-state index is 12.6. The smallest absolute Gasteiger partial charge is 0.408 e. The summed E-state index contributed by atoms with van der Waals surface area (Å²) in [7, 11) is 1.52. The number of carbonyl (C=O) groups is 3. The van der Waals surface area contributed by atoms with E-state index in [4.69, 9.17) is 10.5 Å². The topological polar surface area (TPSA) is 123 Å². The summed E-state index contributed by atoms with van der Waals surface area (Å²) in [4.78, 5) is 36.6. The minimum absolute atomic E-state index is 0.0411. The van der Waals surface area contributed by atoms with Crippen LogP contribution in [-0.2, 0) is 14.3 Å². The number of carbonyl (C=O) groups excluding carboxylic acids is 3. The highest BCUT2D eigenvalue weighted by atomic mass is 16.6. The van der Waals surface area contributed by atoms with E-state index in [1.807, 2.05) is 13.8 Å². The van der Waals surface area contributed by atoms with Crippen molar-refractivity contribution in [2.75, 3.05) is 13.6 Å². The quantitative estimate of drug-likeness (QED) is 0.488. The molecule has 0 saturated heterocycles. The third kappa shape index (κ3) is 9.28. The van der Waals surface area contributed by atoms with Crippen LogP contribution in [0.2, 0.25) is 0 Å². The first-order valence-electron chi connectivity index (χ1n) is 8.77. The molecule has 0 heterocycles. The molecule has 0 fully saturated rings. The van der Waals surface area contributed by atoms with Crippen molar-refractivity contribution in [1.29, 1.82) is 0 Å². The molecule has 0 rings (SSSR count). The van der Waals surface area contributed by atoms with Crippen molar-refractivity contribution in [2.45, 2.75) is 71.6 Å². The van der Waals surface area contributed by atoms with E-state index in [1.54, 1.807) is 20.8 Å². The molecule has 0 radical (unpaired) electrons. The molecule has 0 aliphatic carbocycles. The van der Waals surface area contributed by atoms with Gasteiger partial charge in [-0.1, -0.05) is 20.3 Å². The summed E-state index contributed by atoms with van der Waals surface area (Å²) in [6.07, 6.45) is 0.972. The van der Waals surface area contributed by atoms with Crippen molar-refractivity contribution >= 4 is 17.9 Å². The third-order valence-electron chi connectivity index (χ3n) is 3.74. The zero-order valence-corrected chi connectivity index (χ0v) is 16.3. The zero-order valence-electron chi connectivity index (χ0n) is 16.3. The SMILES string of the molecule is CC[C@H](C)[C@H](NC(=O)[C@H](CCCN)NC(=O)OC(C)(C)C)C(=O)NC. The number of nitrogens with one attached hydrogen (secondary N) is 3. The van der Waals surface area contributed by atoms with E-state index in [9.17, 15) is 14.4 Å². The Morgan fingerprint density at radius 1 is 1.12 bits per heavy atom. The number of alkyl carbamates (subject to hydrolysis) is 1. The molecule has 0 aromatic carbocycles. The summed E-state index contributed by atoms with van der Waals surface area (Å²) in [6, 6.07) is -1.47. The Bertz CT molecular complexity index is 448. The molecule has 0 spiro atoms. The average Bonchev–Trinajstić information content (AvgIpc) is 2.52. The van der Waals surface area contributed by atoms with E-state index in [2.05, 4.69) is 16.0 Å². The van der Waals surface area contributed by atoms with E-state index < -0.39 is 29.7 Å². The third-order valence-corrected chi connectivity index (χ3v) is 3.74. The van der Waals surface area contributed by atoms with Gasteiger partial charge in [-0.3, -0.25) is 9.59 Å². The van der Waals surface area contributed by atoms with Gasteiger partial charge >= 0.3 is 6.09 Å². The first kappa shape index (κ1) is 23.2. The predicted octanol–water partition coefficient (Wildman–Crippen LogP) is 0.896. The fourth-order valence-electron chi connectivity index (χ4n) is 2.15. The Labute approximate surface area is 150 Å². The first-order valence-corrected chi connectivity index (χ1v) is 8.77. The van der Waals surface area contributed by atoms with Crippen molar-refractivity contribution in [3.63, 3.8) is 0 Å². The minimum Gasteiger partial charge on any atom is -0.444 e. The normalized spacial score (nSPS) is 14.8. The van der Waals surface area contributed by atoms with Crippen LogP contribution in [0.15, 0.2) is 0 Å². The molecule has 0 unspecified atom stereocenters. The van der Waals surface area contributed by atoms with E-state index in [-0.39, 0.29) is 11.8 Å². The zero-order chi connectivity index (χ0) is 19.6. The summed E-state index contributed by atoms with van der Waals surface area (Å²) in [5, 5.41) is 7.85. The lowest BCUT2D eigenvalue weighted by Gasteiger charge is -2.27. The van der Waals surface area contributed by atoms with Crippen LogP contribution in [0, 0.1) is 5.92 Å². The molecule has 8 heteroatoms. The van der Waals surface area contributed by atoms with Gasteiger partial charge in [-0.15, -0.1) is 0 Å². The molecule has 0 aliphatic heterocycles. The second-order valence-electron chi connectivity index (χ2n) is 7.12. The van der Waals surface area contributed by atoms with Gasteiger partial charge in [0.25, 0.3) is 0 Å². The van der Waals surface area contributed by atoms with Gasteiger partial charge in [-0.05, 0) is 46.1 Å². The molecule has 3 atom stereocenters. The summed E-state index contributed by atoms with van der Waals surface area (Å²) < 4.78 is 5.20. The molecule has 25 heavy (non-hydrogen) atoms. The molecule has 0 saturated carbocycles.